The van der Waals surface area contributed by atoms with E-state index in [1.54, 1.807) is 0 Å². The fraction of sp³-hybridized carbons (Fsp3) is 1.00. The molecule has 0 saturated carbocycles. The van der Waals surface area contributed by atoms with Crippen molar-refractivity contribution in [3.05, 3.63) is 0 Å². The molecule has 0 aliphatic heterocycles. The molecule has 0 amide bonds. The number of hydrogen-bond acceptors (Lipinski definition) is 2. The summed E-state index contributed by atoms with van der Waals surface area (Å²) < 4.78 is 6.21. The van der Waals surface area contributed by atoms with E-state index in [1.807, 2.05) is 0 Å². The van der Waals surface area contributed by atoms with Gasteiger partial charge in [0.15, 0.2) is 8.32 Å². The number of rotatable bonds is 6. The molecule has 2 nitrogen and oxygen atoms in total. The first-order chi connectivity index (χ1) is 6.70. The van der Waals surface area contributed by atoms with Crippen molar-refractivity contribution in [3.63, 3.8) is 0 Å². The molecule has 0 heterocycles. The van der Waals surface area contributed by atoms with Crippen molar-refractivity contribution in [2.24, 2.45) is 0 Å². The second kappa shape index (κ2) is 6.02. The molecular weight excluding hydrogens is 204 g/mol. The first-order valence-electron chi connectivity index (χ1n) is 5.99. The van der Waals surface area contributed by atoms with E-state index >= 15 is 0 Å². The molecular formula is C12H28O2Si. The molecule has 0 aliphatic rings. The minimum atomic E-state index is -1.59. The highest BCUT2D eigenvalue weighted by molar-refractivity contribution is 6.74. The van der Waals surface area contributed by atoms with Crippen LogP contribution in [-0.2, 0) is 4.43 Å². The molecule has 92 valence electrons. The zero-order valence-electron chi connectivity index (χ0n) is 11.3. The molecule has 0 aromatic heterocycles. The first-order valence-corrected chi connectivity index (χ1v) is 8.90. The maximum atomic E-state index is 8.71. The summed E-state index contributed by atoms with van der Waals surface area (Å²) in [5, 5.41) is 9.00. The van der Waals surface area contributed by atoms with Gasteiger partial charge in [0.05, 0.1) is 0 Å². The van der Waals surface area contributed by atoms with Crippen LogP contribution in [0.3, 0.4) is 0 Å². The Morgan fingerprint density at radius 2 is 1.73 bits per heavy atom. The lowest BCUT2D eigenvalue weighted by Gasteiger charge is -2.38. The Balaban J connectivity index is 3.99. The van der Waals surface area contributed by atoms with E-state index in [2.05, 4.69) is 40.8 Å². The van der Waals surface area contributed by atoms with Gasteiger partial charge in [-0.1, -0.05) is 20.8 Å². The van der Waals surface area contributed by atoms with Crippen molar-refractivity contribution < 1.29 is 9.53 Å². The van der Waals surface area contributed by atoms with Crippen molar-refractivity contribution in [1.29, 1.82) is 0 Å². The van der Waals surface area contributed by atoms with Gasteiger partial charge < -0.3 is 9.53 Å². The smallest absolute Gasteiger partial charge is 0.192 e. The van der Waals surface area contributed by atoms with Gasteiger partial charge in [-0.25, -0.2) is 0 Å². The lowest BCUT2D eigenvalue weighted by Crippen LogP contribution is -2.43. The Labute approximate surface area is 96.2 Å². The Kier molecular flexibility index (Phi) is 6.07. The van der Waals surface area contributed by atoms with E-state index in [9.17, 15) is 0 Å². The molecule has 15 heavy (non-hydrogen) atoms. The van der Waals surface area contributed by atoms with Gasteiger partial charge in [-0.3, -0.25) is 0 Å². The van der Waals surface area contributed by atoms with Crippen LogP contribution in [0.5, 0.6) is 0 Å². The fourth-order valence-electron chi connectivity index (χ4n) is 1.28. The highest BCUT2D eigenvalue weighted by Gasteiger charge is 2.38. The second-order valence-corrected chi connectivity index (χ2v) is 10.7. The van der Waals surface area contributed by atoms with Gasteiger partial charge >= 0.3 is 0 Å². The predicted octanol–water partition coefficient (Wildman–Crippen LogP) is 3.56. The van der Waals surface area contributed by atoms with E-state index < -0.39 is 8.32 Å². The van der Waals surface area contributed by atoms with Crippen molar-refractivity contribution in [3.8, 4) is 0 Å². The highest BCUT2D eigenvalue weighted by Crippen LogP contribution is 2.37. The van der Waals surface area contributed by atoms with Gasteiger partial charge in [-0.05, 0) is 44.3 Å². The molecule has 3 heteroatoms. The fourth-order valence-corrected chi connectivity index (χ4v) is 2.76. The SMILES string of the molecule is C[C@@H](CCCCO)O[Si](C)(C)C(C)(C)C. The normalized spacial score (nSPS) is 15.4. The molecule has 0 aliphatic carbocycles. The van der Waals surface area contributed by atoms with Crippen LogP contribution in [0.2, 0.25) is 18.1 Å². The quantitative estimate of drug-likeness (QED) is 0.560. The number of unbranched alkanes of at least 4 members (excludes halogenated alkanes) is 1. The third kappa shape index (κ3) is 5.69. The van der Waals surface area contributed by atoms with Crippen LogP contribution >= 0.6 is 0 Å². The summed E-state index contributed by atoms with van der Waals surface area (Å²) in [6.45, 7) is 13.8. The molecule has 1 N–H and O–H groups in total. The van der Waals surface area contributed by atoms with Crippen molar-refractivity contribution >= 4 is 8.32 Å². The van der Waals surface area contributed by atoms with Crippen molar-refractivity contribution in [1.82, 2.24) is 0 Å². The van der Waals surface area contributed by atoms with Gasteiger partial charge in [-0.2, -0.15) is 0 Å². The van der Waals surface area contributed by atoms with E-state index in [4.69, 9.17) is 9.53 Å². The molecule has 0 spiro atoms. The largest absolute Gasteiger partial charge is 0.414 e. The Morgan fingerprint density at radius 1 is 1.20 bits per heavy atom. The summed E-state index contributed by atoms with van der Waals surface area (Å²) in [5.74, 6) is 0. The number of aliphatic hydroxyl groups excluding tert-OH is 1. The lowest BCUT2D eigenvalue weighted by molar-refractivity contribution is 0.180. The molecule has 0 aromatic carbocycles. The van der Waals surface area contributed by atoms with E-state index in [-0.39, 0.29) is 5.04 Å². The zero-order valence-corrected chi connectivity index (χ0v) is 12.3. The molecule has 0 radical (unpaired) electrons. The third-order valence-electron chi connectivity index (χ3n) is 3.32. The van der Waals surface area contributed by atoms with Crippen molar-refractivity contribution in [2.45, 2.75) is 71.2 Å². The molecule has 0 saturated heterocycles. The Hall–Kier alpha value is 0.137. The summed E-state index contributed by atoms with van der Waals surface area (Å²) in [6.07, 6.45) is 3.35. The monoisotopic (exact) mass is 232 g/mol. The maximum Gasteiger partial charge on any atom is 0.192 e. The average Bonchev–Trinajstić information content (AvgIpc) is 2.01. The van der Waals surface area contributed by atoms with Gasteiger partial charge in [0.2, 0.25) is 0 Å². The van der Waals surface area contributed by atoms with Crippen LogP contribution in [0.25, 0.3) is 0 Å². The Bertz CT molecular complexity index is 173. The van der Waals surface area contributed by atoms with E-state index in [1.165, 1.54) is 0 Å². The van der Waals surface area contributed by atoms with Gasteiger partial charge in [0, 0.05) is 12.7 Å². The van der Waals surface area contributed by atoms with Gasteiger partial charge in [-0.15, -0.1) is 0 Å². The minimum absolute atomic E-state index is 0.290. The standard InChI is InChI=1S/C12H28O2Si/c1-11(9-7-8-10-13)14-15(5,6)12(2,3)4/h11,13H,7-10H2,1-6H3/t11-/m0/s1. The number of hydrogen-bond donors (Lipinski definition) is 1. The first kappa shape index (κ1) is 15.1. The molecule has 0 rings (SSSR count). The van der Waals surface area contributed by atoms with Crippen LogP contribution in [0, 0.1) is 0 Å². The second-order valence-electron chi connectivity index (χ2n) is 5.91. The predicted molar refractivity (Wildman–Crippen MR) is 68.7 cm³/mol. The third-order valence-corrected chi connectivity index (χ3v) is 7.92. The average molecular weight is 232 g/mol. The summed E-state index contributed by atoms with van der Waals surface area (Å²) >= 11 is 0. The van der Waals surface area contributed by atoms with Crippen LogP contribution in [0.15, 0.2) is 0 Å². The molecule has 0 aromatic rings. The van der Waals surface area contributed by atoms with E-state index in [0.29, 0.717) is 12.7 Å². The lowest BCUT2D eigenvalue weighted by atomic mass is 10.2. The topological polar surface area (TPSA) is 29.5 Å². The molecule has 0 fully saturated rings. The van der Waals surface area contributed by atoms with Crippen LogP contribution in [-0.4, -0.2) is 26.1 Å². The summed E-state index contributed by atoms with van der Waals surface area (Å²) in [4.78, 5) is 0. The minimum Gasteiger partial charge on any atom is -0.414 e. The van der Waals surface area contributed by atoms with E-state index in [0.717, 1.165) is 19.3 Å². The Morgan fingerprint density at radius 3 is 2.13 bits per heavy atom. The van der Waals surface area contributed by atoms with Gasteiger partial charge in [0.1, 0.15) is 0 Å². The van der Waals surface area contributed by atoms with Crippen LogP contribution in [0.1, 0.15) is 47.0 Å². The zero-order chi connectivity index (χ0) is 12.1. The summed E-state index contributed by atoms with van der Waals surface area (Å²) in [5.41, 5.74) is 0. The maximum absolute atomic E-state index is 8.71. The molecule has 0 unspecified atom stereocenters. The van der Waals surface area contributed by atoms with Crippen molar-refractivity contribution in [2.75, 3.05) is 6.61 Å². The van der Waals surface area contributed by atoms with Crippen LogP contribution < -0.4 is 0 Å². The van der Waals surface area contributed by atoms with Gasteiger partial charge in [0.25, 0.3) is 0 Å². The molecule has 0 bridgehead atoms. The molecule has 1 atom stereocenters. The summed E-state index contributed by atoms with van der Waals surface area (Å²) in [6, 6.07) is 0. The highest BCUT2D eigenvalue weighted by atomic mass is 28.4. The summed E-state index contributed by atoms with van der Waals surface area (Å²) in [7, 11) is -1.59. The number of aliphatic hydroxyl groups is 1. The van der Waals surface area contributed by atoms with Crippen LogP contribution in [0.4, 0.5) is 0 Å².